The summed E-state index contributed by atoms with van der Waals surface area (Å²) in [6, 6.07) is 19.8. The minimum absolute atomic E-state index is 0.0489. The Hall–Kier alpha value is -2.37. The van der Waals surface area contributed by atoms with E-state index < -0.39 is 0 Å². The van der Waals surface area contributed by atoms with Crippen LogP contribution in [0.25, 0.3) is 0 Å². The van der Waals surface area contributed by atoms with Crippen molar-refractivity contribution in [3.05, 3.63) is 71.8 Å². The molecule has 2 aromatic rings. The molecule has 1 aliphatic heterocycles. The number of hydroxylamine groups is 2. The van der Waals surface area contributed by atoms with Crippen LogP contribution in [0.5, 0.6) is 0 Å². The summed E-state index contributed by atoms with van der Waals surface area (Å²) >= 11 is 0. The number of ether oxygens (including phenoxy) is 1. The summed E-state index contributed by atoms with van der Waals surface area (Å²) in [7, 11) is 0. The number of nitrogens with one attached hydrogen (secondary N) is 1. The second-order valence-electron chi connectivity index (χ2n) is 6.19. The number of amides is 1. The number of carbonyl (C=O) groups is 1. The van der Waals surface area contributed by atoms with Crippen molar-refractivity contribution in [3.63, 3.8) is 0 Å². The molecule has 0 bridgehead atoms. The average Bonchev–Trinajstić information content (AvgIpc) is 2.67. The van der Waals surface area contributed by atoms with Gasteiger partial charge >= 0.3 is 6.09 Å². The highest BCUT2D eigenvalue weighted by atomic mass is 16.7. The van der Waals surface area contributed by atoms with Gasteiger partial charge in [0.05, 0.1) is 6.61 Å². The third-order valence-corrected chi connectivity index (χ3v) is 4.18. The Morgan fingerprint density at radius 3 is 2.32 bits per heavy atom. The van der Waals surface area contributed by atoms with E-state index in [4.69, 9.17) is 9.57 Å². The van der Waals surface area contributed by atoms with E-state index in [1.807, 2.05) is 65.7 Å². The molecule has 1 saturated heterocycles. The SMILES string of the molecule is O=C(N[C@@H]1CCCN(OCc2ccccc2)C1)OCc1ccccc1. The van der Waals surface area contributed by atoms with Crippen LogP contribution in [-0.4, -0.2) is 30.3 Å². The maximum Gasteiger partial charge on any atom is 0.407 e. The number of nitrogens with zero attached hydrogens (tertiary/aromatic N) is 1. The minimum Gasteiger partial charge on any atom is -0.445 e. The lowest BCUT2D eigenvalue weighted by Gasteiger charge is -2.32. The van der Waals surface area contributed by atoms with Crippen LogP contribution >= 0.6 is 0 Å². The zero-order valence-electron chi connectivity index (χ0n) is 14.3. The summed E-state index contributed by atoms with van der Waals surface area (Å²) in [5.74, 6) is 0. The van der Waals surface area contributed by atoms with Gasteiger partial charge < -0.3 is 10.1 Å². The van der Waals surface area contributed by atoms with Crippen LogP contribution in [0.15, 0.2) is 60.7 Å². The van der Waals surface area contributed by atoms with Crippen molar-refractivity contribution in [1.82, 2.24) is 10.4 Å². The van der Waals surface area contributed by atoms with Crippen LogP contribution in [0.4, 0.5) is 4.79 Å². The lowest BCUT2D eigenvalue weighted by Crippen LogP contribution is -2.47. The molecule has 1 heterocycles. The molecule has 132 valence electrons. The molecular formula is C20H24N2O3. The smallest absolute Gasteiger partial charge is 0.407 e. The fraction of sp³-hybridized carbons (Fsp3) is 0.350. The van der Waals surface area contributed by atoms with E-state index >= 15 is 0 Å². The second-order valence-corrected chi connectivity index (χ2v) is 6.19. The summed E-state index contributed by atoms with van der Waals surface area (Å²) in [6.07, 6.45) is 1.54. The summed E-state index contributed by atoms with van der Waals surface area (Å²) in [5, 5.41) is 4.86. The first-order valence-electron chi connectivity index (χ1n) is 8.68. The topological polar surface area (TPSA) is 50.8 Å². The summed E-state index contributed by atoms with van der Waals surface area (Å²) < 4.78 is 5.29. The zero-order chi connectivity index (χ0) is 17.3. The third kappa shape index (κ3) is 5.89. The Bertz CT molecular complexity index is 649. The van der Waals surface area contributed by atoms with Gasteiger partial charge in [0.15, 0.2) is 0 Å². The van der Waals surface area contributed by atoms with Crippen molar-refractivity contribution in [2.75, 3.05) is 13.1 Å². The van der Waals surface area contributed by atoms with Gasteiger partial charge in [-0.15, -0.1) is 0 Å². The van der Waals surface area contributed by atoms with Crippen molar-refractivity contribution in [2.45, 2.75) is 32.1 Å². The van der Waals surface area contributed by atoms with Gasteiger partial charge in [-0.05, 0) is 24.0 Å². The van der Waals surface area contributed by atoms with E-state index in [2.05, 4.69) is 5.32 Å². The van der Waals surface area contributed by atoms with Crippen LogP contribution in [0, 0.1) is 0 Å². The highest BCUT2D eigenvalue weighted by Gasteiger charge is 2.22. The van der Waals surface area contributed by atoms with E-state index in [-0.39, 0.29) is 18.7 Å². The molecule has 5 nitrogen and oxygen atoms in total. The number of alkyl carbamates (subject to hydrolysis) is 1. The molecule has 5 heteroatoms. The Morgan fingerprint density at radius 2 is 1.64 bits per heavy atom. The normalized spacial score (nSPS) is 17.8. The number of hydrogen-bond donors (Lipinski definition) is 1. The van der Waals surface area contributed by atoms with E-state index in [0.29, 0.717) is 13.2 Å². The van der Waals surface area contributed by atoms with Gasteiger partial charge in [0.2, 0.25) is 0 Å². The molecule has 0 radical (unpaired) electrons. The molecule has 1 aliphatic rings. The quantitative estimate of drug-likeness (QED) is 0.874. The largest absolute Gasteiger partial charge is 0.445 e. The lowest BCUT2D eigenvalue weighted by atomic mass is 10.1. The second kappa shape index (κ2) is 9.20. The predicted molar refractivity (Wildman–Crippen MR) is 95.6 cm³/mol. The van der Waals surface area contributed by atoms with Gasteiger partial charge in [0.1, 0.15) is 6.61 Å². The standard InChI is InChI=1S/C20H24N2O3/c23-20(24-15-17-8-3-1-4-9-17)21-19-12-7-13-22(14-19)25-16-18-10-5-2-6-11-18/h1-6,8-11,19H,7,12-16H2,(H,21,23)/t19-/m1/s1. The van der Waals surface area contributed by atoms with E-state index in [1.165, 1.54) is 0 Å². The van der Waals surface area contributed by atoms with Crippen molar-refractivity contribution in [2.24, 2.45) is 0 Å². The van der Waals surface area contributed by atoms with Crippen molar-refractivity contribution in [3.8, 4) is 0 Å². The maximum absolute atomic E-state index is 12.0. The van der Waals surface area contributed by atoms with Crippen LogP contribution in [0.3, 0.4) is 0 Å². The molecular weight excluding hydrogens is 316 g/mol. The minimum atomic E-state index is -0.376. The molecule has 3 rings (SSSR count). The van der Waals surface area contributed by atoms with Crippen LogP contribution in [0.1, 0.15) is 24.0 Å². The maximum atomic E-state index is 12.0. The predicted octanol–water partition coefficient (Wildman–Crippen LogP) is 3.51. The summed E-state index contributed by atoms with van der Waals surface area (Å²) in [4.78, 5) is 17.8. The Kier molecular flexibility index (Phi) is 6.42. The van der Waals surface area contributed by atoms with Gasteiger partial charge in [-0.25, -0.2) is 4.79 Å². The average molecular weight is 340 g/mol. The third-order valence-electron chi connectivity index (χ3n) is 4.18. The molecule has 0 aliphatic carbocycles. The molecule has 1 amide bonds. The van der Waals surface area contributed by atoms with Crippen LogP contribution < -0.4 is 5.32 Å². The number of rotatable bonds is 6. The highest BCUT2D eigenvalue weighted by molar-refractivity contribution is 5.67. The Labute approximate surface area is 148 Å². The molecule has 0 unspecified atom stereocenters. The molecule has 2 aromatic carbocycles. The van der Waals surface area contributed by atoms with E-state index in [0.717, 1.165) is 30.5 Å². The van der Waals surface area contributed by atoms with Gasteiger partial charge in [-0.2, -0.15) is 5.06 Å². The fourth-order valence-electron chi connectivity index (χ4n) is 2.85. The molecule has 1 atom stereocenters. The monoisotopic (exact) mass is 340 g/mol. The van der Waals surface area contributed by atoms with Gasteiger partial charge in [-0.3, -0.25) is 4.84 Å². The molecule has 0 spiro atoms. The summed E-state index contributed by atoms with van der Waals surface area (Å²) in [5.41, 5.74) is 2.12. The van der Waals surface area contributed by atoms with E-state index in [9.17, 15) is 4.79 Å². The molecule has 1 N–H and O–H groups in total. The number of benzene rings is 2. The molecule has 0 aromatic heterocycles. The van der Waals surface area contributed by atoms with Gasteiger partial charge in [0, 0.05) is 19.1 Å². The Balaban J connectivity index is 1.39. The van der Waals surface area contributed by atoms with E-state index in [1.54, 1.807) is 0 Å². The molecule has 25 heavy (non-hydrogen) atoms. The fourth-order valence-corrected chi connectivity index (χ4v) is 2.85. The lowest BCUT2D eigenvalue weighted by molar-refractivity contribution is -0.182. The van der Waals surface area contributed by atoms with Crippen molar-refractivity contribution < 1.29 is 14.4 Å². The number of carbonyl (C=O) groups excluding carboxylic acids is 1. The van der Waals surface area contributed by atoms with Crippen LogP contribution in [-0.2, 0) is 22.8 Å². The first-order valence-corrected chi connectivity index (χ1v) is 8.68. The zero-order valence-corrected chi connectivity index (χ0v) is 14.3. The number of hydrogen-bond acceptors (Lipinski definition) is 4. The van der Waals surface area contributed by atoms with Gasteiger partial charge in [0.25, 0.3) is 0 Å². The van der Waals surface area contributed by atoms with Gasteiger partial charge in [-0.1, -0.05) is 60.7 Å². The molecule has 1 fully saturated rings. The van der Waals surface area contributed by atoms with Crippen molar-refractivity contribution >= 4 is 6.09 Å². The summed E-state index contributed by atoms with van der Waals surface area (Å²) in [6.45, 7) is 2.39. The number of piperidine rings is 1. The van der Waals surface area contributed by atoms with Crippen LogP contribution in [0.2, 0.25) is 0 Å². The molecule has 0 saturated carbocycles. The Morgan fingerprint density at radius 1 is 1.00 bits per heavy atom. The van der Waals surface area contributed by atoms with Crippen molar-refractivity contribution in [1.29, 1.82) is 0 Å². The first-order chi connectivity index (χ1) is 12.3. The highest BCUT2D eigenvalue weighted by Crippen LogP contribution is 2.13. The first kappa shape index (κ1) is 17.5.